The zero-order chi connectivity index (χ0) is 12.6. The number of rotatable bonds is 2. The van der Waals surface area contributed by atoms with Crippen LogP contribution in [0.1, 0.15) is 27.0 Å². The summed E-state index contributed by atoms with van der Waals surface area (Å²) < 4.78 is 14.7. The van der Waals surface area contributed by atoms with E-state index in [2.05, 4.69) is 15.9 Å². The summed E-state index contributed by atoms with van der Waals surface area (Å²) in [4.78, 5) is 12.2. The molecule has 0 unspecified atom stereocenters. The summed E-state index contributed by atoms with van der Waals surface area (Å²) >= 11 is 4.71. The zero-order valence-corrected chi connectivity index (χ0v) is 11.8. The van der Waals surface area contributed by atoms with Crippen molar-refractivity contribution in [2.24, 2.45) is 0 Å². The third-order valence-electron chi connectivity index (χ3n) is 2.49. The summed E-state index contributed by atoms with van der Waals surface area (Å²) in [5.74, 6) is -0.711. The van der Waals surface area contributed by atoms with E-state index in [9.17, 15) is 9.18 Å². The molecule has 0 amide bonds. The first kappa shape index (κ1) is 12.5. The maximum absolute atomic E-state index is 13.8. The standard InChI is InChI=1S/C13H10BrFOS/c1-7-3-8(2)12(10(15)4-7)13(16)9-5-11(14)17-6-9/h3-6H,1-2H3. The molecular weight excluding hydrogens is 303 g/mol. The fraction of sp³-hybridized carbons (Fsp3) is 0.154. The number of thiophene rings is 1. The quantitative estimate of drug-likeness (QED) is 0.746. The molecule has 0 N–H and O–H groups in total. The molecule has 0 spiro atoms. The molecule has 0 aliphatic heterocycles. The topological polar surface area (TPSA) is 17.1 Å². The van der Waals surface area contributed by atoms with E-state index in [1.165, 1.54) is 17.4 Å². The molecule has 0 radical (unpaired) electrons. The Morgan fingerprint density at radius 2 is 2.00 bits per heavy atom. The van der Waals surface area contributed by atoms with Gasteiger partial charge in [0.1, 0.15) is 5.82 Å². The summed E-state index contributed by atoms with van der Waals surface area (Å²) in [5.41, 5.74) is 2.19. The van der Waals surface area contributed by atoms with E-state index < -0.39 is 5.82 Å². The van der Waals surface area contributed by atoms with Crippen LogP contribution in [0.25, 0.3) is 0 Å². The summed E-state index contributed by atoms with van der Waals surface area (Å²) in [5, 5.41) is 1.73. The largest absolute Gasteiger partial charge is 0.288 e. The highest BCUT2D eigenvalue weighted by Crippen LogP contribution is 2.25. The first-order valence-corrected chi connectivity index (χ1v) is 6.72. The van der Waals surface area contributed by atoms with Gasteiger partial charge in [0.2, 0.25) is 0 Å². The third kappa shape index (κ3) is 2.48. The normalized spacial score (nSPS) is 10.6. The number of benzene rings is 1. The molecule has 88 valence electrons. The Hall–Kier alpha value is -1.00. The van der Waals surface area contributed by atoms with E-state index in [1.807, 2.05) is 13.0 Å². The van der Waals surface area contributed by atoms with Crippen molar-refractivity contribution in [1.29, 1.82) is 0 Å². The highest BCUT2D eigenvalue weighted by atomic mass is 79.9. The van der Waals surface area contributed by atoms with Crippen LogP contribution in [-0.4, -0.2) is 5.78 Å². The van der Waals surface area contributed by atoms with E-state index in [0.717, 1.165) is 9.35 Å². The van der Waals surface area contributed by atoms with Crippen LogP contribution in [0.2, 0.25) is 0 Å². The van der Waals surface area contributed by atoms with Gasteiger partial charge in [0.15, 0.2) is 5.78 Å². The molecule has 0 aliphatic carbocycles. The van der Waals surface area contributed by atoms with E-state index in [4.69, 9.17) is 0 Å². The van der Waals surface area contributed by atoms with Gasteiger partial charge in [0.25, 0.3) is 0 Å². The zero-order valence-electron chi connectivity index (χ0n) is 9.38. The minimum absolute atomic E-state index is 0.167. The minimum Gasteiger partial charge on any atom is -0.288 e. The van der Waals surface area contributed by atoms with Gasteiger partial charge in [-0.15, -0.1) is 11.3 Å². The smallest absolute Gasteiger partial charge is 0.197 e. The van der Waals surface area contributed by atoms with Gasteiger partial charge in [-0.3, -0.25) is 4.79 Å². The molecule has 1 nitrogen and oxygen atoms in total. The third-order valence-corrected chi connectivity index (χ3v) is 3.99. The molecule has 1 aromatic heterocycles. The summed E-state index contributed by atoms with van der Waals surface area (Å²) in [6.07, 6.45) is 0. The molecule has 2 aromatic rings. The van der Waals surface area contributed by atoms with Crippen LogP contribution in [0.3, 0.4) is 0 Å². The number of carbonyl (C=O) groups excluding carboxylic acids is 1. The lowest BCUT2D eigenvalue weighted by Gasteiger charge is -2.06. The van der Waals surface area contributed by atoms with Crippen molar-refractivity contribution < 1.29 is 9.18 Å². The second kappa shape index (κ2) is 4.70. The molecular formula is C13H10BrFOS. The van der Waals surface area contributed by atoms with Crippen LogP contribution >= 0.6 is 27.3 Å². The van der Waals surface area contributed by atoms with Crippen molar-refractivity contribution in [3.05, 3.63) is 55.4 Å². The molecule has 0 bridgehead atoms. The number of hydrogen-bond acceptors (Lipinski definition) is 2. The molecule has 0 fully saturated rings. The second-order valence-corrected chi connectivity index (χ2v) is 6.20. The van der Waals surface area contributed by atoms with Gasteiger partial charge in [-0.25, -0.2) is 4.39 Å². The number of hydrogen-bond donors (Lipinski definition) is 0. The minimum atomic E-state index is -0.449. The van der Waals surface area contributed by atoms with Gasteiger partial charge in [-0.1, -0.05) is 6.07 Å². The van der Waals surface area contributed by atoms with E-state index in [0.29, 0.717) is 11.1 Å². The van der Waals surface area contributed by atoms with Crippen LogP contribution in [-0.2, 0) is 0 Å². The average molecular weight is 313 g/mol. The highest BCUT2D eigenvalue weighted by molar-refractivity contribution is 9.11. The molecule has 0 aliphatic rings. The van der Waals surface area contributed by atoms with Crippen LogP contribution in [0.15, 0.2) is 27.4 Å². The first-order valence-electron chi connectivity index (χ1n) is 5.04. The van der Waals surface area contributed by atoms with Crippen LogP contribution in [0.4, 0.5) is 4.39 Å². The Kier molecular flexibility index (Phi) is 3.45. The van der Waals surface area contributed by atoms with Crippen LogP contribution in [0, 0.1) is 19.7 Å². The number of carbonyl (C=O) groups is 1. The molecule has 17 heavy (non-hydrogen) atoms. The predicted molar refractivity (Wildman–Crippen MR) is 71.3 cm³/mol. The van der Waals surface area contributed by atoms with E-state index in [1.54, 1.807) is 18.4 Å². The lowest BCUT2D eigenvalue weighted by Crippen LogP contribution is -2.06. The van der Waals surface area contributed by atoms with E-state index in [-0.39, 0.29) is 11.3 Å². The summed E-state index contributed by atoms with van der Waals surface area (Å²) in [6.45, 7) is 3.57. The molecule has 0 saturated heterocycles. The number of halogens is 2. The monoisotopic (exact) mass is 312 g/mol. The van der Waals surface area contributed by atoms with Gasteiger partial charge in [-0.2, -0.15) is 0 Å². The Bertz CT molecular complexity index is 566. The summed E-state index contributed by atoms with van der Waals surface area (Å²) in [6, 6.07) is 4.92. The second-order valence-electron chi connectivity index (χ2n) is 3.91. The molecule has 0 saturated carbocycles. The highest BCUT2D eigenvalue weighted by Gasteiger charge is 2.18. The van der Waals surface area contributed by atoms with Crippen molar-refractivity contribution in [3.63, 3.8) is 0 Å². The van der Waals surface area contributed by atoms with Crippen LogP contribution < -0.4 is 0 Å². The van der Waals surface area contributed by atoms with E-state index >= 15 is 0 Å². The van der Waals surface area contributed by atoms with Crippen LogP contribution in [0.5, 0.6) is 0 Å². The predicted octanol–water partition coefficient (Wildman–Crippen LogP) is 4.50. The van der Waals surface area contributed by atoms with Crippen molar-refractivity contribution in [1.82, 2.24) is 0 Å². The SMILES string of the molecule is Cc1cc(C)c(C(=O)c2csc(Br)c2)c(F)c1. The molecule has 0 atom stereocenters. The average Bonchev–Trinajstić information content (AvgIpc) is 2.63. The Morgan fingerprint density at radius 3 is 2.53 bits per heavy atom. The maximum Gasteiger partial charge on any atom is 0.197 e. The molecule has 2 rings (SSSR count). The van der Waals surface area contributed by atoms with Crippen molar-refractivity contribution in [3.8, 4) is 0 Å². The maximum atomic E-state index is 13.8. The van der Waals surface area contributed by atoms with Gasteiger partial charge < -0.3 is 0 Å². The fourth-order valence-corrected chi connectivity index (χ4v) is 2.91. The molecule has 1 aromatic carbocycles. The van der Waals surface area contributed by atoms with Crippen molar-refractivity contribution >= 4 is 33.0 Å². The number of aryl methyl sites for hydroxylation is 2. The Balaban J connectivity index is 2.51. The Labute approximate surface area is 111 Å². The lowest BCUT2D eigenvalue weighted by molar-refractivity contribution is 0.103. The van der Waals surface area contributed by atoms with Gasteiger partial charge >= 0.3 is 0 Å². The fourth-order valence-electron chi connectivity index (χ4n) is 1.78. The van der Waals surface area contributed by atoms with Gasteiger partial charge in [-0.05, 0) is 53.0 Å². The van der Waals surface area contributed by atoms with Gasteiger partial charge in [0, 0.05) is 10.9 Å². The summed E-state index contributed by atoms with van der Waals surface area (Å²) in [7, 11) is 0. The van der Waals surface area contributed by atoms with Crippen molar-refractivity contribution in [2.75, 3.05) is 0 Å². The Morgan fingerprint density at radius 1 is 1.29 bits per heavy atom. The lowest BCUT2D eigenvalue weighted by atomic mass is 9.98. The van der Waals surface area contributed by atoms with Crippen molar-refractivity contribution in [2.45, 2.75) is 13.8 Å². The van der Waals surface area contributed by atoms with Gasteiger partial charge in [0.05, 0.1) is 9.35 Å². The first-order chi connectivity index (χ1) is 7.99. The number of ketones is 1. The molecule has 1 heterocycles. The molecule has 4 heteroatoms.